The number of anilines is 1. The van der Waals surface area contributed by atoms with Gasteiger partial charge in [-0.05, 0) is 37.3 Å². The maximum absolute atomic E-state index is 13.0. The van der Waals surface area contributed by atoms with Crippen LogP contribution < -0.4 is 4.90 Å². The Bertz CT molecular complexity index is 1110. The van der Waals surface area contributed by atoms with Gasteiger partial charge in [0.1, 0.15) is 5.84 Å². The third kappa shape index (κ3) is 2.02. The van der Waals surface area contributed by atoms with E-state index in [4.69, 9.17) is 0 Å². The van der Waals surface area contributed by atoms with Crippen molar-refractivity contribution in [3.8, 4) is 0 Å². The van der Waals surface area contributed by atoms with Gasteiger partial charge in [0.2, 0.25) is 5.78 Å². The van der Waals surface area contributed by atoms with E-state index in [0.717, 1.165) is 22.3 Å². The highest BCUT2D eigenvalue weighted by Gasteiger charge is 2.52. The first kappa shape index (κ1) is 15.2. The lowest BCUT2D eigenvalue weighted by atomic mass is 9.87. The minimum atomic E-state index is -1.57. The van der Waals surface area contributed by atoms with Crippen LogP contribution in [0.25, 0.3) is 11.0 Å². The first-order valence-corrected chi connectivity index (χ1v) is 8.51. The zero-order chi connectivity index (χ0) is 17.9. The minimum Gasteiger partial charge on any atom is -0.374 e. The summed E-state index contributed by atoms with van der Waals surface area (Å²) in [6.45, 7) is 2.44. The summed E-state index contributed by atoms with van der Waals surface area (Å²) >= 11 is 0. The minimum absolute atomic E-state index is 0.274. The van der Waals surface area contributed by atoms with E-state index < -0.39 is 5.60 Å². The fourth-order valence-corrected chi connectivity index (χ4v) is 3.72. The van der Waals surface area contributed by atoms with Gasteiger partial charge >= 0.3 is 0 Å². The number of ketones is 1. The standard InChI is InChI=1S/C20H16N4O2/c1-12-2-4-15-14(10-12)18(25)20(26)6-9-24(19(20)23-15)13-3-5-16-17(11-13)22-8-7-21-16/h2-5,7-8,10-11,26H,6,9H2,1H3. The molecule has 6 nitrogen and oxygen atoms in total. The van der Waals surface area contributed by atoms with Gasteiger partial charge in [-0.3, -0.25) is 14.8 Å². The highest BCUT2D eigenvalue weighted by molar-refractivity contribution is 6.28. The summed E-state index contributed by atoms with van der Waals surface area (Å²) in [6.07, 6.45) is 3.61. The number of benzene rings is 2. The van der Waals surface area contributed by atoms with Crippen molar-refractivity contribution in [1.29, 1.82) is 0 Å². The summed E-state index contributed by atoms with van der Waals surface area (Å²) in [5, 5.41) is 11.1. The van der Waals surface area contributed by atoms with Crippen LogP contribution in [0.3, 0.4) is 0 Å². The Labute approximate surface area is 149 Å². The predicted molar refractivity (Wildman–Crippen MR) is 99.1 cm³/mol. The molecule has 3 aromatic rings. The van der Waals surface area contributed by atoms with Crippen LogP contribution in [-0.2, 0) is 0 Å². The molecule has 6 heteroatoms. The number of amidine groups is 1. The van der Waals surface area contributed by atoms with Crippen LogP contribution in [0.1, 0.15) is 22.3 Å². The zero-order valence-corrected chi connectivity index (χ0v) is 14.2. The van der Waals surface area contributed by atoms with E-state index in [9.17, 15) is 9.90 Å². The van der Waals surface area contributed by atoms with E-state index in [-0.39, 0.29) is 5.78 Å². The summed E-state index contributed by atoms with van der Waals surface area (Å²) in [6, 6.07) is 11.3. The maximum atomic E-state index is 13.0. The number of rotatable bonds is 1. The molecule has 0 amide bonds. The Morgan fingerprint density at radius 3 is 2.73 bits per heavy atom. The van der Waals surface area contributed by atoms with Gasteiger partial charge in [0.25, 0.3) is 0 Å². The zero-order valence-electron chi connectivity index (χ0n) is 14.2. The fraction of sp³-hybridized carbons (Fsp3) is 0.200. The molecule has 1 aromatic heterocycles. The van der Waals surface area contributed by atoms with Crippen LogP contribution in [0.4, 0.5) is 11.4 Å². The van der Waals surface area contributed by atoms with Crippen molar-refractivity contribution < 1.29 is 9.90 Å². The molecule has 0 spiro atoms. The molecule has 0 aliphatic carbocycles. The van der Waals surface area contributed by atoms with Crippen LogP contribution in [0, 0.1) is 6.92 Å². The van der Waals surface area contributed by atoms with Crippen molar-refractivity contribution in [3.63, 3.8) is 0 Å². The summed E-state index contributed by atoms with van der Waals surface area (Å²) in [4.78, 5) is 28.1. The number of aliphatic imine (C=N–C) groups is 1. The lowest BCUT2D eigenvalue weighted by Gasteiger charge is -2.29. The summed E-state index contributed by atoms with van der Waals surface area (Å²) < 4.78 is 0. The predicted octanol–water partition coefficient (Wildman–Crippen LogP) is 2.81. The van der Waals surface area contributed by atoms with Crippen LogP contribution in [0.5, 0.6) is 0 Å². The lowest BCUT2D eigenvalue weighted by Crippen LogP contribution is -2.48. The normalized spacial score (nSPS) is 21.5. The quantitative estimate of drug-likeness (QED) is 0.734. The molecule has 128 valence electrons. The van der Waals surface area contributed by atoms with E-state index in [0.29, 0.717) is 30.1 Å². The molecule has 3 heterocycles. The second kappa shape index (κ2) is 5.19. The molecule has 1 N–H and O–H groups in total. The number of hydrogen-bond acceptors (Lipinski definition) is 6. The molecule has 26 heavy (non-hydrogen) atoms. The molecule has 5 rings (SSSR count). The van der Waals surface area contributed by atoms with Crippen molar-refractivity contribution in [1.82, 2.24) is 9.97 Å². The number of aliphatic hydroxyl groups is 1. The molecular weight excluding hydrogens is 328 g/mol. The molecule has 1 saturated heterocycles. The molecule has 0 bridgehead atoms. The number of carbonyl (C=O) groups excluding carboxylic acids is 1. The third-order valence-corrected chi connectivity index (χ3v) is 5.09. The summed E-state index contributed by atoms with van der Waals surface area (Å²) in [7, 11) is 0. The molecule has 0 radical (unpaired) electrons. The molecule has 0 saturated carbocycles. The number of fused-ring (bicyclic) bond motifs is 3. The van der Waals surface area contributed by atoms with Crippen LogP contribution in [-0.4, -0.2) is 38.8 Å². The third-order valence-electron chi connectivity index (χ3n) is 5.09. The van der Waals surface area contributed by atoms with E-state index in [1.807, 2.05) is 42.2 Å². The van der Waals surface area contributed by atoms with Gasteiger partial charge in [-0.15, -0.1) is 0 Å². The topological polar surface area (TPSA) is 78.7 Å². The highest BCUT2D eigenvalue weighted by Crippen LogP contribution is 2.39. The average molecular weight is 344 g/mol. The largest absolute Gasteiger partial charge is 0.374 e. The van der Waals surface area contributed by atoms with Crippen molar-refractivity contribution >= 4 is 34.0 Å². The molecular formula is C20H16N4O2. The van der Waals surface area contributed by atoms with Crippen molar-refractivity contribution in [2.24, 2.45) is 4.99 Å². The second-order valence-electron chi connectivity index (χ2n) is 6.78. The van der Waals surface area contributed by atoms with E-state index in [1.165, 1.54) is 0 Å². The molecule has 1 fully saturated rings. The molecule has 2 aromatic carbocycles. The molecule has 2 aliphatic rings. The van der Waals surface area contributed by atoms with Gasteiger partial charge in [0, 0.05) is 36.6 Å². The van der Waals surface area contributed by atoms with Crippen molar-refractivity contribution in [2.45, 2.75) is 18.9 Å². The number of Topliss-reactive ketones (excluding diaryl/α,β-unsaturated/α-hetero) is 1. The van der Waals surface area contributed by atoms with Gasteiger partial charge in [-0.25, -0.2) is 4.99 Å². The Morgan fingerprint density at radius 1 is 1.08 bits per heavy atom. The van der Waals surface area contributed by atoms with Gasteiger partial charge in [0.15, 0.2) is 5.60 Å². The molecule has 1 atom stereocenters. The van der Waals surface area contributed by atoms with Crippen LogP contribution >= 0.6 is 0 Å². The van der Waals surface area contributed by atoms with Gasteiger partial charge in [-0.1, -0.05) is 11.6 Å². The SMILES string of the molecule is Cc1ccc2c(c1)C(=O)C1(O)CCN(c3ccc4nccnc4c3)C1=N2. The first-order valence-electron chi connectivity index (χ1n) is 8.51. The van der Waals surface area contributed by atoms with Gasteiger partial charge in [-0.2, -0.15) is 0 Å². The average Bonchev–Trinajstić information content (AvgIpc) is 3.00. The number of nitrogens with zero attached hydrogens (tertiary/aromatic N) is 4. The van der Waals surface area contributed by atoms with E-state index >= 15 is 0 Å². The Hall–Kier alpha value is -3.12. The smallest absolute Gasteiger partial charge is 0.204 e. The number of aromatic nitrogens is 2. The number of hydrogen-bond donors (Lipinski definition) is 1. The summed E-state index contributed by atoms with van der Waals surface area (Å²) in [5.41, 5.74) is 2.90. The van der Waals surface area contributed by atoms with Crippen molar-refractivity contribution in [3.05, 3.63) is 59.9 Å². The van der Waals surface area contributed by atoms with Gasteiger partial charge in [0.05, 0.1) is 16.7 Å². The van der Waals surface area contributed by atoms with Crippen LogP contribution in [0.2, 0.25) is 0 Å². The Kier molecular flexibility index (Phi) is 3.02. The Balaban J connectivity index is 1.66. The number of aryl methyl sites for hydroxylation is 1. The Morgan fingerprint density at radius 2 is 1.88 bits per heavy atom. The van der Waals surface area contributed by atoms with Gasteiger partial charge < -0.3 is 10.0 Å². The first-order chi connectivity index (χ1) is 12.6. The maximum Gasteiger partial charge on any atom is 0.204 e. The second-order valence-corrected chi connectivity index (χ2v) is 6.78. The molecule has 2 aliphatic heterocycles. The summed E-state index contributed by atoms with van der Waals surface area (Å²) in [5.74, 6) is 0.117. The monoisotopic (exact) mass is 344 g/mol. The van der Waals surface area contributed by atoms with E-state index in [2.05, 4.69) is 15.0 Å². The van der Waals surface area contributed by atoms with Crippen molar-refractivity contribution in [2.75, 3.05) is 11.4 Å². The lowest BCUT2D eigenvalue weighted by molar-refractivity contribution is 0.0602. The highest BCUT2D eigenvalue weighted by atomic mass is 16.3. The fourth-order valence-electron chi connectivity index (χ4n) is 3.72. The number of carbonyl (C=O) groups is 1. The molecule has 1 unspecified atom stereocenters. The van der Waals surface area contributed by atoms with Crippen LogP contribution in [0.15, 0.2) is 53.8 Å². The van der Waals surface area contributed by atoms with E-state index in [1.54, 1.807) is 18.5 Å².